The van der Waals surface area contributed by atoms with E-state index in [0.717, 1.165) is 38.2 Å². The Labute approximate surface area is 113 Å². The van der Waals surface area contributed by atoms with Crippen molar-refractivity contribution in [1.82, 2.24) is 14.5 Å². The molecule has 1 fully saturated rings. The van der Waals surface area contributed by atoms with Crippen LogP contribution in [0.25, 0.3) is 0 Å². The molecule has 1 saturated carbocycles. The number of carbonyl (C=O) groups excluding carboxylic acids is 1. The molecular weight excluding hydrogens is 240 g/mol. The highest BCUT2D eigenvalue weighted by Crippen LogP contribution is 2.30. The highest BCUT2D eigenvalue weighted by Gasteiger charge is 2.33. The Kier molecular flexibility index (Phi) is 3.31. The minimum atomic E-state index is 0.163. The molecule has 1 aliphatic carbocycles. The second-order valence-electron chi connectivity index (χ2n) is 5.95. The van der Waals surface area contributed by atoms with Gasteiger partial charge in [0.25, 0.3) is 0 Å². The van der Waals surface area contributed by atoms with E-state index in [-0.39, 0.29) is 12.0 Å². The lowest BCUT2D eigenvalue weighted by Crippen LogP contribution is -2.45. The first-order valence-electron chi connectivity index (χ1n) is 7.19. The van der Waals surface area contributed by atoms with E-state index in [1.165, 1.54) is 0 Å². The summed E-state index contributed by atoms with van der Waals surface area (Å²) in [7, 11) is 0. The molecule has 3 atom stereocenters. The molecule has 3 rings (SSSR count). The monoisotopic (exact) mass is 262 g/mol. The zero-order chi connectivity index (χ0) is 13.4. The second-order valence-corrected chi connectivity index (χ2v) is 5.95. The van der Waals surface area contributed by atoms with Crippen LogP contribution >= 0.6 is 0 Å². The summed E-state index contributed by atoms with van der Waals surface area (Å²) >= 11 is 0. The van der Waals surface area contributed by atoms with E-state index >= 15 is 0 Å². The molecule has 0 aromatic carbocycles. The summed E-state index contributed by atoms with van der Waals surface area (Å²) in [6.07, 6.45) is 6.64. The van der Waals surface area contributed by atoms with E-state index in [0.29, 0.717) is 18.4 Å². The third-order valence-corrected chi connectivity index (χ3v) is 4.64. The van der Waals surface area contributed by atoms with Gasteiger partial charge in [0.2, 0.25) is 5.91 Å². The quantitative estimate of drug-likeness (QED) is 0.821. The van der Waals surface area contributed by atoms with E-state index in [1.54, 1.807) is 0 Å². The summed E-state index contributed by atoms with van der Waals surface area (Å²) in [6.45, 7) is 4.48. The second kappa shape index (κ2) is 4.96. The molecule has 1 aliphatic heterocycles. The van der Waals surface area contributed by atoms with Crippen LogP contribution in [0, 0.1) is 11.8 Å². The van der Waals surface area contributed by atoms with Gasteiger partial charge in [0, 0.05) is 37.4 Å². The van der Waals surface area contributed by atoms with Crippen molar-refractivity contribution < 1.29 is 4.79 Å². The van der Waals surface area contributed by atoms with Crippen LogP contribution in [0.15, 0.2) is 12.4 Å². The molecule has 3 unspecified atom stereocenters. The van der Waals surface area contributed by atoms with Gasteiger partial charge in [-0.1, -0.05) is 6.92 Å². The summed E-state index contributed by atoms with van der Waals surface area (Å²) < 4.78 is 2.13. The minimum absolute atomic E-state index is 0.163. The number of imidazole rings is 1. The Morgan fingerprint density at radius 1 is 1.42 bits per heavy atom. The maximum absolute atomic E-state index is 12.6. The molecular formula is C14H22N4O. The number of hydrogen-bond donors (Lipinski definition) is 1. The van der Waals surface area contributed by atoms with Crippen LogP contribution < -0.4 is 5.73 Å². The largest absolute Gasteiger partial charge is 0.333 e. The van der Waals surface area contributed by atoms with Gasteiger partial charge >= 0.3 is 0 Å². The van der Waals surface area contributed by atoms with Crippen LogP contribution in [0.5, 0.6) is 0 Å². The fourth-order valence-corrected chi connectivity index (χ4v) is 3.26. The Morgan fingerprint density at radius 2 is 2.26 bits per heavy atom. The number of fused-ring (bicyclic) bond motifs is 1. The highest BCUT2D eigenvalue weighted by molar-refractivity contribution is 5.79. The third kappa shape index (κ3) is 2.39. The molecule has 0 radical (unpaired) electrons. The van der Waals surface area contributed by atoms with Crippen LogP contribution in [0.1, 0.15) is 32.0 Å². The van der Waals surface area contributed by atoms with Crippen LogP contribution in [0.3, 0.4) is 0 Å². The predicted octanol–water partition coefficient (Wildman–Crippen LogP) is 0.989. The lowest BCUT2D eigenvalue weighted by atomic mass is 9.78. The first-order valence-corrected chi connectivity index (χ1v) is 7.19. The number of nitrogens with two attached hydrogens (primary N) is 1. The normalized spacial score (nSPS) is 31.1. The van der Waals surface area contributed by atoms with Gasteiger partial charge in [0.05, 0.1) is 6.54 Å². The van der Waals surface area contributed by atoms with Crippen LogP contribution in [0.4, 0.5) is 0 Å². The van der Waals surface area contributed by atoms with E-state index in [9.17, 15) is 4.79 Å². The van der Waals surface area contributed by atoms with E-state index < -0.39 is 0 Å². The Balaban J connectivity index is 1.65. The maximum atomic E-state index is 12.6. The maximum Gasteiger partial charge on any atom is 0.226 e. The Bertz CT molecular complexity index is 470. The smallest absolute Gasteiger partial charge is 0.226 e. The SMILES string of the molecule is CC1CC(C(=O)N2CCn3ccnc3C2)CCC1N. The topological polar surface area (TPSA) is 64.2 Å². The number of carbonyl (C=O) groups is 1. The van der Waals surface area contributed by atoms with E-state index in [4.69, 9.17) is 5.73 Å². The van der Waals surface area contributed by atoms with Crippen LogP contribution in [-0.2, 0) is 17.9 Å². The zero-order valence-corrected chi connectivity index (χ0v) is 11.5. The number of hydrogen-bond acceptors (Lipinski definition) is 3. The summed E-state index contributed by atoms with van der Waals surface area (Å²) in [5.74, 6) is 1.92. The predicted molar refractivity (Wildman–Crippen MR) is 72.1 cm³/mol. The molecule has 5 nitrogen and oxygen atoms in total. The fraction of sp³-hybridized carbons (Fsp3) is 0.714. The molecule has 2 aliphatic rings. The summed E-state index contributed by atoms with van der Waals surface area (Å²) in [4.78, 5) is 18.9. The van der Waals surface area contributed by atoms with Crippen molar-refractivity contribution in [1.29, 1.82) is 0 Å². The number of nitrogens with zero attached hydrogens (tertiary/aromatic N) is 3. The standard InChI is InChI=1S/C14H22N4O/c1-10-8-11(2-3-12(10)15)14(19)18-7-6-17-5-4-16-13(17)9-18/h4-5,10-12H,2-3,6-9,15H2,1H3. The molecule has 104 valence electrons. The van der Waals surface area contributed by atoms with Gasteiger partial charge in [-0.2, -0.15) is 0 Å². The van der Waals surface area contributed by atoms with Crippen molar-refractivity contribution in [2.75, 3.05) is 6.54 Å². The fourth-order valence-electron chi connectivity index (χ4n) is 3.26. The van der Waals surface area contributed by atoms with E-state index in [1.807, 2.05) is 17.3 Å². The minimum Gasteiger partial charge on any atom is -0.333 e. The number of aromatic nitrogens is 2. The molecule has 19 heavy (non-hydrogen) atoms. The van der Waals surface area contributed by atoms with Crippen molar-refractivity contribution >= 4 is 5.91 Å². The molecule has 1 aromatic rings. The van der Waals surface area contributed by atoms with Gasteiger partial charge in [-0.25, -0.2) is 4.98 Å². The summed E-state index contributed by atoms with van der Waals surface area (Å²) in [5, 5.41) is 0. The van der Waals surface area contributed by atoms with Gasteiger partial charge < -0.3 is 15.2 Å². The first-order chi connectivity index (χ1) is 9.15. The molecule has 0 spiro atoms. The average molecular weight is 262 g/mol. The van der Waals surface area contributed by atoms with Gasteiger partial charge in [0.1, 0.15) is 5.82 Å². The molecule has 2 heterocycles. The van der Waals surface area contributed by atoms with Crippen LogP contribution in [-0.4, -0.2) is 32.9 Å². The number of rotatable bonds is 1. The first kappa shape index (κ1) is 12.7. The highest BCUT2D eigenvalue weighted by atomic mass is 16.2. The van der Waals surface area contributed by atoms with Crippen molar-refractivity contribution in [3.8, 4) is 0 Å². The molecule has 0 saturated heterocycles. The van der Waals surface area contributed by atoms with Crippen molar-refractivity contribution in [3.63, 3.8) is 0 Å². The van der Waals surface area contributed by atoms with Gasteiger partial charge in [-0.15, -0.1) is 0 Å². The van der Waals surface area contributed by atoms with Gasteiger partial charge in [-0.3, -0.25) is 4.79 Å². The molecule has 0 bridgehead atoms. The lowest BCUT2D eigenvalue weighted by molar-refractivity contribution is -0.138. The third-order valence-electron chi connectivity index (χ3n) is 4.64. The van der Waals surface area contributed by atoms with Gasteiger partial charge in [0.15, 0.2) is 0 Å². The molecule has 5 heteroatoms. The molecule has 1 aromatic heterocycles. The zero-order valence-electron chi connectivity index (χ0n) is 11.5. The van der Waals surface area contributed by atoms with E-state index in [2.05, 4.69) is 16.5 Å². The summed E-state index contributed by atoms with van der Waals surface area (Å²) in [6, 6.07) is 0.268. The Hall–Kier alpha value is -1.36. The average Bonchev–Trinajstić information content (AvgIpc) is 2.88. The van der Waals surface area contributed by atoms with Crippen molar-refractivity contribution in [2.45, 2.75) is 45.3 Å². The van der Waals surface area contributed by atoms with Crippen LogP contribution in [0.2, 0.25) is 0 Å². The number of amides is 1. The Morgan fingerprint density at radius 3 is 3.05 bits per heavy atom. The lowest BCUT2D eigenvalue weighted by Gasteiger charge is -2.35. The van der Waals surface area contributed by atoms with Gasteiger partial charge in [-0.05, 0) is 25.2 Å². The summed E-state index contributed by atoms with van der Waals surface area (Å²) in [5.41, 5.74) is 6.03. The molecule has 1 amide bonds. The molecule has 2 N–H and O–H groups in total. The van der Waals surface area contributed by atoms with Crippen molar-refractivity contribution in [3.05, 3.63) is 18.2 Å². The van der Waals surface area contributed by atoms with Crippen molar-refractivity contribution in [2.24, 2.45) is 17.6 Å².